The van der Waals surface area contributed by atoms with Crippen molar-refractivity contribution in [2.75, 3.05) is 5.32 Å². The first kappa shape index (κ1) is 13.9. The van der Waals surface area contributed by atoms with E-state index < -0.39 is 0 Å². The molecule has 2 aromatic heterocycles. The fourth-order valence-corrected chi connectivity index (χ4v) is 3.46. The van der Waals surface area contributed by atoms with Crippen molar-refractivity contribution in [1.82, 2.24) is 9.78 Å². The topological polar surface area (TPSA) is 29.9 Å². The first-order valence-electron chi connectivity index (χ1n) is 5.68. The van der Waals surface area contributed by atoms with E-state index in [0.29, 0.717) is 5.92 Å². The highest BCUT2D eigenvalue weighted by Crippen LogP contribution is 2.32. The summed E-state index contributed by atoms with van der Waals surface area (Å²) >= 11 is 11.0. The van der Waals surface area contributed by atoms with Crippen molar-refractivity contribution in [3.8, 4) is 0 Å². The molecule has 0 unspecified atom stereocenters. The quantitative estimate of drug-likeness (QED) is 0.873. The number of aromatic nitrogens is 2. The van der Waals surface area contributed by atoms with Crippen LogP contribution >= 0.6 is 38.9 Å². The summed E-state index contributed by atoms with van der Waals surface area (Å²) < 4.78 is 3.60. The molecule has 0 atom stereocenters. The maximum absolute atomic E-state index is 6.02. The van der Waals surface area contributed by atoms with E-state index in [0.717, 1.165) is 26.7 Å². The molecule has 0 saturated heterocycles. The van der Waals surface area contributed by atoms with E-state index in [-0.39, 0.29) is 0 Å². The average Bonchev–Trinajstić information content (AvgIpc) is 2.80. The molecule has 2 heterocycles. The van der Waals surface area contributed by atoms with Crippen LogP contribution in [0.3, 0.4) is 0 Å². The lowest BCUT2D eigenvalue weighted by Crippen LogP contribution is -2.00. The van der Waals surface area contributed by atoms with Gasteiger partial charge in [0.05, 0.1) is 11.4 Å². The molecule has 6 heteroatoms. The van der Waals surface area contributed by atoms with Crippen LogP contribution in [0.4, 0.5) is 5.69 Å². The van der Waals surface area contributed by atoms with E-state index in [1.54, 1.807) is 11.3 Å². The molecule has 0 fully saturated rings. The lowest BCUT2D eigenvalue weighted by Gasteiger charge is -2.06. The number of nitrogens with zero attached hydrogens (tertiary/aromatic N) is 2. The Balaban J connectivity index is 2.10. The predicted molar refractivity (Wildman–Crippen MR) is 81.7 cm³/mol. The highest BCUT2D eigenvalue weighted by Gasteiger charge is 2.11. The van der Waals surface area contributed by atoms with Crippen molar-refractivity contribution in [3.63, 3.8) is 0 Å². The number of rotatable bonds is 4. The van der Waals surface area contributed by atoms with Crippen LogP contribution in [0.5, 0.6) is 0 Å². The Kier molecular flexibility index (Phi) is 4.35. The Morgan fingerprint density at radius 3 is 2.83 bits per heavy atom. The number of aryl methyl sites for hydroxylation is 1. The first-order chi connectivity index (χ1) is 8.47. The molecule has 2 rings (SSSR count). The molecule has 0 aliphatic rings. The number of hydrogen-bond donors (Lipinski definition) is 1. The molecule has 0 spiro atoms. The molecule has 3 nitrogen and oxygen atoms in total. The van der Waals surface area contributed by atoms with Crippen molar-refractivity contribution in [3.05, 3.63) is 31.6 Å². The molecule has 0 aliphatic heterocycles. The normalized spacial score (nSPS) is 11.2. The van der Waals surface area contributed by atoms with Gasteiger partial charge in [0, 0.05) is 29.1 Å². The maximum atomic E-state index is 6.02. The third kappa shape index (κ3) is 3.08. The van der Waals surface area contributed by atoms with E-state index in [1.807, 2.05) is 24.0 Å². The van der Waals surface area contributed by atoms with E-state index in [4.69, 9.17) is 11.6 Å². The van der Waals surface area contributed by atoms with E-state index >= 15 is 0 Å². The molecular formula is C12H15BrClN3S. The van der Waals surface area contributed by atoms with Gasteiger partial charge in [-0.1, -0.05) is 25.4 Å². The second-order valence-corrected chi connectivity index (χ2v) is 7.04. The Morgan fingerprint density at radius 1 is 1.56 bits per heavy atom. The summed E-state index contributed by atoms with van der Waals surface area (Å²) in [6.07, 6.45) is 2.01. The Bertz CT molecular complexity index is 528. The fourth-order valence-electron chi connectivity index (χ4n) is 1.73. The molecule has 2 aromatic rings. The zero-order valence-corrected chi connectivity index (χ0v) is 13.7. The van der Waals surface area contributed by atoms with Gasteiger partial charge in [-0.15, -0.1) is 11.3 Å². The third-order valence-electron chi connectivity index (χ3n) is 2.55. The molecule has 0 aromatic carbocycles. The Labute approximate surface area is 124 Å². The van der Waals surface area contributed by atoms with Gasteiger partial charge in [-0.2, -0.15) is 5.10 Å². The summed E-state index contributed by atoms with van der Waals surface area (Å²) in [7, 11) is 1.94. The van der Waals surface area contributed by atoms with E-state index in [9.17, 15) is 0 Å². The zero-order valence-electron chi connectivity index (χ0n) is 10.5. The number of anilines is 1. The van der Waals surface area contributed by atoms with Gasteiger partial charge < -0.3 is 5.32 Å². The van der Waals surface area contributed by atoms with Crippen molar-refractivity contribution in [2.24, 2.45) is 7.05 Å². The minimum atomic E-state index is 0.410. The van der Waals surface area contributed by atoms with Gasteiger partial charge in [0.25, 0.3) is 0 Å². The third-order valence-corrected chi connectivity index (χ3v) is 5.03. The summed E-state index contributed by atoms with van der Waals surface area (Å²) in [5.41, 5.74) is 2.19. The van der Waals surface area contributed by atoms with Crippen LogP contribution in [0.25, 0.3) is 0 Å². The summed E-state index contributed by atoms with van der Waals surface area (Å²) in [4.78, 5) is 1.20. The van der Waals surface area contributed by atoms with Crippen molar-refractivity contribution in [2.45, 2.75) is 26.3 Å². The highest BCUT2D eigenvalue weighted by molar-refractivity contribution is 9.10. The monoisotopic (exact) mass is 347 g/mol. The van der Waals surface area contributed by atoms with Gasteiger partial charge in [0.2, 0.25) is 0 Å². The minimum Gasteiger partial charge on any atom is -0.377 e. The molecule has 0 aliphatic carbocycles. The molecule has 18 heavy (non-hydrogen) atoms. The van der Waals surface area contributed by atoms with Gasteiger partial charge in [-0.3, -0.25) is 4.68 Å². The molecule has 1 N–H and O–H groups in total. The molecule has 0 saturated carbocycles. The van der Waals surface area contributed by atoms with Gasteiger partial charge in [0.1, 0.15) is 4.34 Å². The minimum absolute atomic E-state index is 0.410. The largest absolute Gasteiger partial charge is 0.377 e. The van der Waals surface area contributed by atoms with Crippen molar-refractivity contribution in [1.29, 1.82) is 0 Å². The van der Waals surface area contributed by atoms with Crippen LogP contribution in [0.1, 0.15) is 30.3 Å². The Hall–Kier alpha value is -0.520. The van der Waals surface area contributed by atoms with Crippen LogP contribution in [0.15, 0.2) is 16.7 Å². The fraction of sp³-hybridized carbons (Fsp3) is 0.417. The van der Waals surface area contributed by atoms with Gasteiger partial charge in [-0.25, -0.2) is 0 Å². The molecule has 0 radical (unpaired) electrons. The summed E-state index contributed by atoms with van der Waals surface area (Å²) in [6, 6.07) is 2.05. The van der Waals surface area contributed by atoms with Gasteiger partial charge in [0.15, 0.2) is 0 Å². The number of hydrogen-bond acceptors (Lipinski definition) is 3. The van der Waals surface area contributed by atoms with E-state index in [2.05, 4.69) is 40.2 Å². The maximum Gasteiger partial charge on any atom is 0.107 e. The SMILES string of the molecule is CC(C)c1nn(C)cc1NCc1cc(Br)c(Cl)s1. The van der Waals surface area contributed by atoms with Crippen LogP contribution in [0.2, 0.25) is 4.34 Å². The summed E-state index contributed by atoms with van der Waals surface area (Å²) in [5, 5.41) is 7.89. The van der Waals surface area contributed by atoms with E-state index in [1.165, 1.54) is 4.88 Å². The van der Waals surface area contributed by atoms with Gasteiger partial charge >= 0.3 is 0 Å². The molecular weight excluding hydrogens is 334 g/mol. The standard InChI is InChI=1S/C12H15BrClN3S/c1-7(2)11-10(6-17(3)16-11)15-5-8-4-9(13)12(14)18-8/h4,6-7,15H,5H2,1-3H3. The van der Waals surface area contributed by atoms with Crippen LogP contribution in [-0.4, -0.2) is 9.78 Å². The number of thiophene rings is 1. The highest BCUT2D eigenvalue weighted by atomic mass is 79.9. The lowest BCUT2D eigenvalue weighted by atomic mass is 10.1. The summed E-state index contributed by atoms with van der Waals surface area (Å²) in [6.45, 7) is 5.06. The number of nitrogens with one attached hydrogen (secondary N) is 1. The summed E-state index contributed by atoms with van der Waals surface area (Å²) in [5.74, 6) is 0.410. The average molecular weight is 349 g/mol. The van der Waals surface area contributed by atoms with Crippen LogP contribution < -0.4 is 5.32 Å². The lowest BCUT2D eigenvalue weighted by molar-refractivity contribution is 0.713. The number of halogens is 2. The first-order valence-corrected chi connectivity index (χ1v) is 7.67. The van der Waals surface area contributed by atoms with Gasteiger partial charge in [-0.05, 0) is 27.9 Å². The van der Waals surface area contributed by atoms with Crippen LogP contribution in [-0.2, 0) is 13.6 Å². The molecule has 0 bridgehead atoms. The Morgan fingerprint density at radius 2 is 2.28 bits per heavy atom. The van der Waals surface area contributed by atoms with Crippen molar-refractivity contribution < 1.29 is 0 Å². The second-order valence-electron chi connectivity index (χ2n) is 4.44. The zero-order chi connectivity index (χ0) is 13.3. The molecule has 0 amide bonds. The predicted octanol–water partition coefficient (Wildman–Crippen LogP) is 4.63. The van der Waals surface area contributed by atoms with Crippen molar-refractivity contribution >= 4 is 44.6 Å². The smallest absolute Gasteiger partial charge is 0.107 e. The second kappa shape index (κ2) is 5.63. The molecule has 98 valence electrons. The van der Waals surface area contributed by atoms with Crippen LogP contribution in [0, 0.1) is 0 Å².